The minimum absolute atomic E-state index is 0.285. The van der Waals surface area contributed by atoms with Crippen molar-refractivity contribution < 1.29 is 14.3 Å². The normalized spacial score (nSPS) is 15.3. The number of carbonyl (C=O) groups is 1. The number of aromatic nitrogens is 2. The van der Waals surface area contributed by atoms with Gasteiger partial charge in [0.25, 0.3) is 0 Å². The number of methoxy groups -OCH3 is 1. The third-order valence-corrected chi connectivity index (χ3v) is 7.15. The summed E-state index contributed by atoms with van der Waals surface area (Å²) in [6.45, 7) is 8.03. The van der Waals surface area contributed by atoms with Crippen molar-refractivity contribution in [3.05, 3.63) is 58.9 Å². The van der Waals surface area contributed by atoms with Crippen LogP contribution in [0.2, 0.25) is 0 Å². The van der Waals surface area contributed by atoms with Gasteiger partial charge in [0.1, 0.15) is 11.6 Å². The molecule has 5 rings (SSSR count). The Bertz CT molecular complexity index is 1220. The SMILES string of the molecule is C=CC(=O)Nc1cc(Nc2nccc(N3CCc4sccc4C3)n2)c(OC)cc1N1CCOCC1. The number of thiophene rings is 1. The molecule has 0 radical (unpaired) electrons. The average Bonchev–Trinajstić information content (AvgIpc) is 3.37. The zero-order valence-corrected chi connectivity index (χ0v) is 20.4. The third kappa shape index (κ3) is 5.08. The molecule has 3 aromatic rings. The topological polar surface area (TPSA) is 91.9 Å². The van der Waals surface area contributed by atoms with Gasteiger partial charge in [-0.05, 0) is 41.6 Å². The summed E-state index contributed by atoms with van der Waals surface area (Å²) in [5.41, 5.74) is 3.52. The lowest BCUT2D eigenvalue weighted by atomic mass is 10.1. The molecule has 4 heterocycles. The van der Waals surface area contributed by atoms with Crippen LogP contribution in [0, 0.1) is 0 Å². The second kappa shape index (κ2) is 10.3. The summed E-state index contributed by atoms with van der Waals surface area (Å²) in [6, 6.07) is 7.88. The van der Waals surface area contributed by atoms with Crippen LogP contribution < -0.4 is 25.2 Å². The Morgan fingerprint density at radius 2 is 2.06 bits per heavy atom. The Morgan fingerprint density at radius 3 is 2.86 bits per heavy atom. The van der Waals surface area contributed by atoms with E-state index in [9.17, 15) is 4.79 Å². The van der Waals surface area contributed by atoms with E-state index in [2.05, 4.69) is 43.4 Å². The standard InChI is InChI=1S/C25H28N6O3S/c1-3-24(32)27-18-14-19(21(33-2)15-20(18)30-9-11-34-12-10-30)28-25-26-7-4-23(29-25)31-8-5-22-17(16-31)6-13-35-22/h3-4,6-7,13-15H,1,5,8-12,16H2,2H3,(H,27,32)(H,26,28,29). The number of carbonyl (C=O) groups excluding carboxylic acids is 1. The first kappa shape index (κ1) is 23.1. The Morgan fingerprint density at radius 1 is 1.20 bits per heavy atom. The molecule has 2 aliphatic rings. The molecule has 9 nitrogen and oxygen atoms in total. The number of rotatable bonds is 7. The number of hydrogen-bond acceptors (Lipinski definition) is 9. The van der Waals surface area contributed by atoms with Gasteiger partial charge in [-0.1, -0.05) is 6.58 Å². The maximum Gasteiger partial charge on any atom is 0.247 e. The molecule has 0 unspecified atom stereocenters. The van der Waals surface area contributed by atoms with Crippen LogP contribution in [0.25, 0.3) is 0 Å². The monoisotopic (exact) mass is 492 g/mol. The number of ether oxygens (including phenoxy) is 2. The van der Waals surface area contributed by atoms with E-state index in [1.165, 1.54) is 16.5 Å². The van der Waals surface area contributed by atoms with E-state index in [1.54, 1.807) is 13.3 Å². The second-order valence-electron chi connectivity index (χ2n) is 8.27. The van der Waals surface area contributed by atoms with Crippen molar-refractivity contribution in [1.82, 2.24) is 9.97 Å². The minimum atomic E-state index is -0.285. The van der Waals surface area contributed by atoms with E-state index >= 15 is 0 Å². The summed E-state index contributed by atoms with van der Waals surface area (Å²) < 4.78 is 11.2. The lowest BCUT2D eigenvalue weighted by Crippen LogP contribution is -2.36. The van der Waals surface area contributed by atoms with E-state index < -0.39 is 0 Å². The van der Waals surface area contributed by atoms with Gasteiger partial charge in [0.15, 0.2) is 0 Å². The van der Waals surface area contributed by atoms with Gasteiger partial charge in [-0.3, -0.25) is 4.79 Å². The molecule has 1 fully saturated rings. The van der Waals surface area contributed by atoms with Crippen LogP contribution in [0.5, 0.6) is 5.75 Å². The van der Waals surface area contributed by atoms with Crippen LogP contribution in [-0.4, -0.2) is 55.8 Å². The van der Waals surface area contributed by atoms with E-state index in [0.29, 0.717) is 36.3 Å². The van der Waals surface area contributed by atoms with E-state index in [4.69, 9.17) is 14.5 Å². The number of nitrogens with zero attached hydrogens (tertiary/aromatic N) is 4. The fourth-order valence-corrected chi connectivity index (χ4v) is 5.23. The predicted molar refractivity (Wildman–Crippen MR) is 139 cm³/mol. The van der Waals surface area contributed by atoms with Crippen LogP contribution in [0.3, 0.4) is 0 Å². The molecule has 1 aromatic carbocycles. The molecule has 0 atom stereocenters. The lowest BCUT2D eigenvalue weighted by Gasteiger charge is -2.31. The number of fused-ring (bicyclic) bond motifs is 1. The molecular formula is C25H28N6O3S. The smallest absolute Gasteiger partial charge is 0.247 e. The molecule has 2 aliphatic heterocycles. The van der Waals surface area contributed by atoms with Crippen molar-refractivity contribution in [3.8, 4) is 5.75 Å². The van der Waals surface area contributed by atoms with E-state index in [1.807, 2.05) is 29.5 Å². The van der Waals surface area contributed by atoms with Gasteiger partial charge in [-0.2, -0.15) is 4.98 Å². The molecule has 35 heavy (non-hydrogen) atoms. The van der Waals surface area contributed by atoms with E-state index in [-0.39, 0.29) is 5.91 Å². The maximum atomic E-state index is 12.2. The summed E-state index contributed by atoms with van der Waals surface area (Å²) in [5.74, 6) is 1.66. The highest BCUT2D eigenvalue weighted by Crippen LogP contribution is 2.38. The molecule has 10 heteroatoms. The number of amides is 1. The van der Waals surface area contributed by atoms with Gasteiger partial charge in [-0.15, -0.1) is 11.3 Å². The average molecular weight is 493 g/mol. The predicted octanol–water partition coefficient (Wildman–Crippen LogP) is 3.81. The number of morpholine rings is 1. The minimum Gasteiger partial charge on any atom is -0.494 e. The molecule has 1 saturated heterocycles. The molecule has 182 valence electrons. The Hall–Kier alpha value is -3.63. The van der Waals surface area contributed by atoms with Crippen LogP contribution in [0.15, 0.2) is 48.5 Å². The zero-order chi connectivity index (χ0) is 24.2. The van der Waals surface area contributed by atoms with Crippen molar-refractivity contribution in [3.63, 3.8) is 0 Å². The van der Waals surface area contributed by atoms with Crippen LogP contribution in [-0.2, 0) is 22.5 Å². The van der Waals surface area contributed by atoms with Crippen LogP contribution >= 0.6 is 11.3 Å². The fourth-order valence-electron chi connectivity index (χ4n) is 4.34. The van der Waals surface area contributed by atoms with Crippen molar-refractivity contribution >= 4 is 46.1 Å². The zero-order valence-electron chi connectivity index (χ0n) is 19.6. The molecule has 0 spiro atoms. The molecule has 0 bridgehead atoms. The summed E-state index contributed by atoms with van der Waals surface area (Å²) >= 11 is 1.82. The third-order valence-electron chi connectivity index (χ3n) is 6.13. The largest absolute Gasteiger partial charge is 0.494 e. The van der Waals surface area contributed by atoms with Gasteiger partial charge in [-0.25, -0.2) is 4.98 Å². The highest BCUT2D eigenvalue weighted by atomic mass is 32.1. The lowest BCUT2D eigenvalue weighted by molar-refractivity contribution is -0.111. The molecule has 2 aromatic heterocycles. The van der Waals surface area contributed by atoms with Gasteiger partial charge in [0.2, 0.25) is 11.9 Å². The van der Waals surface area contributed by atoms with Crippen molar-refractivity contribution in [2.45, 2.75) is 13.0 Å². The van der Waals surface area contributed by atoms with Gasteiger partial charge in [0.05, 0.1) is 37.4 Å². The number of hydrogen-bond donors (Lipinski definition) is 2. The first-order valence-electron chi connectivity index (χ1n) is 11.5. The summed E-state index contributed by atoms with van der Waals surface area (Å²) in [4.78, 5) is 27.2. The highest BCUT2D eigenvalue weighted by Gasteiger charge is 2.21. The summed E-state index contributed by atoms with van der Waals surface area (Å²) in [7, 11) is 1.62. The molecule has 0 saturated carbocycles. The Kier molecular flexibility index (Phi) is 6.82. The van der Waals surface area contributed by atoms with E-state index in [0.717, 1.165) is 44.1 Å². The quantitative estimate of drug-likeness (QED) is 0.481. The first-order valence-corrected chi connectivity index (χ1v) is 12.4. The first-order chi connectivity index (χ1) is 17.1. The molecule has 0 aliphatic carbocycles. The van der Waals surface area contributed by atoms with Crippen LogP contribution in [0.1, 0.15) is 10.4 Å². The highest BCUT2D eigenvalue weighted by molar-refractivity contribution is 7.10. The maximum absolute atomic E-state index is 12.2. The van der Waals surface area contributed by atoms with Gasteiger partial charge >= 0.3 is 0 Å². The van der Waals surface area contributed by atoms with Crippen molar-refractivity contribution in [1.29, 1.82) is 0 Å². The fraction of sp³-hybridized carbons (Fsp3) is 0.320. The number of anilines is 5. The van der Waals surface area contributed by atoms with Crippen LogP contribution in [0.4, 0.5) is 28.8 Å². The molecule has 2 N–H and O–H groups in total. The second-order valence-corrected chi connectivity index (χ2v) is 9.27. The molecular weight excluding hydrogens is 464 g/mol. The number of nitrogens with one attached hydrogen (secondary N) is 2. The Balaban J connectivity index is 1.43. The summed E-state index contributed by atoms with van der Waals surface area (Å²) in [5, 5.41) is 8.36. The number of benzene rings is 1. The van der Waals surface area contributed by atoms with Gasteiger partial charge < -0.3 is 29.9 Å². The van der Waals surface area contributed by atoms with Gasteiger partial charge in [0, 0.05) is 43.3 Å². The Labute approximate surface area is 208 Å². The van der Waals surface area contributed by atoms with Crippen molar-refractivity contribution in [2.24, 2.45) is 0 Å². The van der Waals surface area contributed by atoms with Crippen molar-refractivity contribution in [2.75, 3.05) is 60.4 Å². The summed E-state index contributed by atoms with van der Waals surface area (Å²) in [6.07, 6.45) is 4.02. The molecule has 1 amide bonds.